The van der Waals surface area contributed by atoms with Crippen molar-refractivity contribution in [2.45, 2.75) is 13.0 Å². The lowest BCUT2D eigenvalue weighted by atomic mass is 10.0. The number of hydrogen-bond donors (Lipinski definition) is 2. The number of nitrogens with one attached hydrogen (secondary N) is 2. The van der Waals surface area contributed by atoms with Crippen LogP contribution < -0.4 is 15.4 Å². The van der Waals surface area contributed by atoms with Crippen molar-refractivity contribution in [3.05, 3.63) is 29.8 Å². The maximum Gasteiger partial charge on any atom is 0.191 e. The highest BCUT2D eigenvalue weighted by atomic mass is 16.5. The van der Waals surface area contributed by atoms with Crippen LogP contribution in [0, 0.1) is 0 Å². The molecule has 0 fully saturated rings. The molecule has 2 N–H and O–H groups in total. The van der Waals surface area contributed by atoms with Crippen molar-refractivity contribution in [3.63, 3.8) is 0 Å². The lowest BCUT2D eigenvalue weighted by Crippen LogP contribution is -2.42. The summed E-state index contributed by atoms with van der Waals surface area (Å²) in [6.45, 7) is 4.84. The fourth-order valence-electron chi connectivity index (χ4n) is 2.31. The zero-order chi connectivity index (χ0) is 17.1. The predicted octanol–water partition coefficient (Wildman–Crippen LogP) is 1.50. The minimum atomic E-state index is 0.177. The van der Waals surface area contributed by atoms with Gasteiger partial charge in [-0.2, -0.15) is 0 Å². The summed E-state index contributed by atoms with van der Waals surface area (Å²) in [5.41, 5.74) is 1.15. The Kier molecular flexibility index (Phi) is 9.09. The number of ether oxygens (including phenoxy) is 2. The van der Waals surface area contributed by atoms with Crippen LogP contribution in [0.3, 0.4) is 0 Å². The largest absolute Gasteiger partial charge is 0.496 e. The summed E-state index contributed by atoms with van der Waals surface area (Å²) >= 11 is 0. The molecular formula is C17H30N4O2. The monoisotopic (exact) mass is 322 g/mol. The Morgan fingerprint density at radius 1 is 1.26 bits per heavy atom. The standard InChI is InChI=1S/C17H30N4O2/c1-6-23-12-11-19-17(18-2)20-13-15(21(3)4)14-9-7-8-10-16(14)22-5/h7-10,15H,6,11-13H2,1-5H3,(H2,18,19,20). The predicted molar refractivity (Wildman–Crippen MR) is 95.3 cm³/mol. The van der Waals surface area contributed by atoms with Gasteiger partial charge in [-0.3, -0.25) is 4.99 Å². The smallest absolute Gasteiger partial charge is 0.191 e. The zero-order valence-electron chi connectivity index (χ0n) is 14.9. The van der Waals surface area contributed by atoms with Gasteiger partial charge in [0.25, 0.3) is 0 Å². The maximum absolute atomic E-state index is 5.48. The average Bonchev–Trinajstić information content (AvgIpc) is 2.57. The number of likely N-dealkylation sites (N-methyl/N-ethyl adjacent to an activating group) is 1. The van der Waals surface area contributed by atoms with Crippen LogP contribution in [-0.4, -0.2) is 65.4 Å². The number of methoxy groups -OCH3 is 1. The third-order valence-corrected chi connectivity index (χ3v) is 3.55. The van der Waals surface area contributed by atoms with Crippen LogP contribution in [0.15, 0.2) is 29.3 Å². The molecule has 0 aliphatic heterocycles. The van der Waals surface area contributed by atoms with Gasteiger partial charge in [0.2, 0.25) is 0 Å². The van der Waals surface area contributed by atoms with Crippen LogP contribution in [0.1, 0.15) is 18.5 Å². The molecule has 1 aromatic carbocycles. The fraction of sp³-hybridized carbons (Fsp3) is 0.588. The summed E-state index contributed by atoms with van der Waals surface area (Å²) < 4.78 is 10.8. The first-order valence-electron chi connectivity index (χ1n) is 7.95. The SMILES string of the molecule is CCOCCNC(=NC)NCC(c1ccccc1OC)N(C)C. The third kappa shape index (κ3) is 6.46. The van der Waals surface area contributed by atoms with E-state index in [9.17, 15) is 0 Å². The van der Waals surface area contributed by atoms with Gasteiger partial charge in [-0.25, -0.2) is 0 Å². The van der Waals surface area contributed by atoms with Crippen molar-refractivity contribution in [1.82, 2.24) is 15.5 Å². The number of para-hydroxylation sites is 1. The molecule has 0 amide bonds. The van der Waals surface area contributed by atoms with Crippen LogP contribution in [0.25, 0.3) is 0 Å². The van der Waals surface area contributed by atoms with Crippen LogP contribution in [0.4, 0.5) is 0 Å². The second-order valence-electron chi connectivity index (χ2n) is 5.30. The van der Waals surface area contributed by atoms with Gasteiger partial charge in [0, 0.05) is 32.3 Å². The van der Waals surface area contributed by atoms with Crippen molar-refractivity contribution in [2.24, 2.45) is 4.99 Å². The first-order valence-corrected chi connectivity index (χ1v) is 7.95. The van der Waals surface area contributed by atoms with E-state index in [1.165, 1.54) is 0 Å². The normalized spacial score (nSPS) is 13.0. The Balaban J connectivity index is 2.66. The molecule has 6 nitrogen and oxygen atoms in total. The Morgan fingerprint density at radius 3 is 2.61 bits per heavy atom. The molecule has 23 heavy (non-hydrogen) atoms. The lowest BCUT2D eigenvalue weighted by molar-refractivity contribution is 0.152. The van der Waals surface area contributed by atoms with Gasteiger partial charge in [-0.05, 0) is 27.1 Å². The molecule has 0 heterocycles. The van der Waals surface area contributed by atoms with Crippen LogP contribution in [0.2, 0.25) is 0 Å². The molecule has 0 saturated heterocycles. The van der Waals surface area contributed by atoms with Crippen molar-refractivity contribution in [1.29, 1.82) is 0 Å². The second-order valence-corrected chi connectivity index (χ2v) is 5.30. The number of benzene rings is 1. The molecule has 0 saturated carbocycles. The van der Waals surface area contributed by atoms with E-state index in [0.29, 0.717) is 6.61 Å². The van der Waals surface area contributed by atoms with E-state index in [4.69, 9.17) is 9.47 Å². The van der Waals surface area contributed by atoms with Gasteiger partial charge in [-0.15, -0.1) is 0 Å². The molecule has 1 atom stereocenters. The van der Waals surface area contributed by atoms with Gasteiger partial charge in [0.1, 0.15) is 5.75 Å². The Morgan fingerprint density at radius 2 is 2.00 bits per heavy atom. The molecule has 0 radical (unpaired) electrons. The molecule has 0 aliphatic rings. The van der Waals surface area contributed by atoms with Crippen molar-refractivity contribution >= 4 is 5.96 Å². The van der Waals surface area contributed by atoms with Gasteiger partial charge in [0.05, 0.1) is 19.8 Å². The lowest BCUT2D eigenvalue weighted by Gasteiger charge is -2.27. The summed E-state index contributed by atoms with van der Waals surface area (Å²) in [6.07, 6.45) is 0. The topological polar surface area (TPSA) is 58.1 Å². The van der Waals surface area contributed by atoms with Crippen LogP contribution in [-0.2, 0) is 4.74 Å². The molecule has 6 heteroatoms. The van der Waals surface area contributed by atoms with Crippen molar-refractivity contribution in [3.8, 4) is 5.75 Å². The summed E-state index contributed by atoms with van der Waals surface area (Å²) in [5, 5.41) is 6.61. The Labute approximate surface area is 139 Å². The number of aliphatic imine (C=N–C) groups is 1. The highest BCUT2D eigenvalue weighted by molar-refractivity contribution is 5.79. The second kappa shape index (κ2) is 10.9. The van der Waals surface area contributed by atoms with E-state index in [-0.39, 0.29) is 6.04 Å². The molecule has 1 unspecified atom stereocenters. The minimum Gasteiger partial charge on any atom is -0.496 e. The fourth-order valence-corrected chi connectivity index (χ4v) is 2.31. The summed E-state index contributed by atoms with van der Waals surface area (Å²) in [4.78, 5) is 6.41. The van der Waals surface area contributed by atoms with Crippen molar-refractivity contribution < 1.29 is 9.47 Å². The Bertz CT molecular complexity index is 477. The van der Waals surface area contributed by atoms with Gasteiger partial charge < -0.3 is 25.0 Å². The van der Waals surface area contributed by atoms with E-state index in [2.05, 4.69) is 40.7 Å². The molecule has 1 rings (SSSR count). The zero-order valence-corrected chi connectivity index (χ0v) is 14.9. The van der Waals surface area contributed by atoms with E-state index in [1.807, 2.05) is 25.1 Å². The number of rotatable bonds is 9. The van der Waals surface area contributed by atoms with Crippen molar-refractivity contribution in [2.75, 3.05) is 54.6 Å². The molecule has 1 aromatic rings. The summed E-state index contributed by atoms with van der Waals surface area (Å²) in [5.74, 6) is 1.67. The van der Waals surface area contributed by atoms with Crippen LogP contribution in [0.5, 0.6) is 5.75 Å². The summed E-state index contributed by atoms with van der Waals surface area (Å²) in [7, 11) is 7.59. The summed E-state index contributed by atoms with van der Waals surface area (Å²) in [6, 6.07) is 8.27. The van der Waals surface area contributed by atoms with Gasteiger partial charge in [0.15, 0.2) is 5.96 Å². The molecule has 0 spiro atoms. The van der Waals surface area contributed by atoms with E-state index in [0.717, 1.165) is 37.0 Å². The van der Waals surface area contributed by atoms with E-state index < -0.39 is 0 Å². The molecule has 0 bridgehead atoms. The number of guanidine groups is 1. The third-order valence-electron chi connectivity index (χ3n) is 3.55. The molecular weight excluding hydrogens is 292 g/mol. The number of hydrogen-bond acceptors (Lipinski definition) is 4. The Hall–Kier alpha value is -1.79. The maximum atomic E-state index is 5.48. The van der Waals surface area contributed by atoms with Crippen LogP contribution >= 0.6 is 0 Å². The first-order chi connectivity index (χ1) is 11.1. The van der Waals surface area contributed by atoms with Gasteiger partial charge in [-0.1, -0.05) is 18.2 Å². The average molecular weight is 322 g/mol. The van der Waals surface area contributed by atoms with Gasteiger partial charge >= 0.3 is 0 Å². The molecule has 0 aliphatic carbocycles. The minimum absolute atomic E-state index is 0.177. The molecule has 130 valence electrons. The van der Waals surface area contributed by atoms with E-state index in [1.54, 1.807) is 14.2 Å². The number of nitrogens with zero attached hydrogens (tertiary/aromatic N) is 2. The molecule has 0 aromatic heterocycles. The quantitative estimate of drug-likeness (QED) is 0.410. The highest BCUT2D eigenvalue weighted by Gasteiger charge is 2.18. The van der Waals surface area contributed by atoms with E-state index >= 15 is 0 Å². The highest BCUT2D eigenvalue weighted by Crippen LogP contribution is 2.27. The first kappa shape index (κ1) is 19.3.